The Morgan fingerprint density at radius 1 is 0.563 bits per heavy atom. The molecule has 2 atom stereocenters. The van der Waals surface area contributed by atoms with E-state index in [9.17, 15) is 18.0 Å². The summed E-state index contributed by atoms with van der Waals surface area (Å²) in [5.41, 5.74) is 8.79. The first-order valence-corrected chi connectivity index (χ1v) is 27.9. The van der Waals surface area contributed by atoms with Gasteiger partial charge in [-0.2, -0.15) is 8.42 Å². The zero-order valence-electron chi connectivity index (χ0n) is 42.4. The minimum atomic E-state index is -3.39. The number of aryl methyl sites for hydroxylation is 2. The van der Waals surface area contributed by atoms with Crippen LogP contribution in [0.4, 0.5) is 0 Å². The van der Waals surface area contributed by atoms with Crippen LogP contribution >= 0.6 is 23.5 Å². The van der Waals surface area contributed by atoms with Gasteiger partial charge in [-0.1, -0.05) is 48.5 Å². The molecule has 2 aromatic heterocycles. The standard InChI is InChI=1S/C27H33NO4S.C15H19NO3S2.C13H18O4/c1-5-30-26(27(29)31-6-2)19-21-8-12-23(13-9-21)32-18-17-28-20(3)7-16-25(28)22-10-14-24(33-4)15-11-22;1-12-4-9-15(13-5-7-14(20-2)8-6-13)16(12)10-11-19-21(3,17)18;1-3-16-12(13(15)17-4-2)9-10-5-7-11(14)8-6-10/h7-16,26H,5-6,17-19H2,1-4H3;4-9H,10-11H2,1-3H3;5-8,12,14H,3-4,9H2,1-2H3/t26-;;12-/m0.0/s1. The van der Waals surface area contributed by atoms with E-state index in [0.717, 1.165) is 46.6 Å². The van der Waals surface area contributed by atoms with E-state index in [1.54, 1.807) is 61.6 Å². The van der Waals surface area contributed by atoms with E-state index in [1.807, 2.05) is 63.4 Å². The lowest BCUT2D eigenvalue weighted by atomic mass is 10.1. The summed E-state index contributed by atoms with van der Waals surface area (Å²) in [5, 5.41) is 9.16. The minimum absolute atomic E-state index is 0.143. The van der Waals surface area contributed by atoms with Gasteiger partial charge in [0.25, 0.3) is 10.1 Å². The number of carbonyl (C=O) groups excluding carboxylic acids is 2. The van der Waals surface area contributed by atoms with Crippen molar-refractivity contribution in [3.8, 4) is 34.0 Å². The molecule has 0 radical (unpaired) electrons. The first-order valence-electron chi connectivity index (χ1n) is 23.6. The second kappa shape index (κ2) is 30.4. The summed E-state index contributed by atoms with van der Waals surface area (Å²) < 4.78 is 58.2. The fourth-order valence-corrected chi connectivity index (χ4v) is 8.56. The van der Waals surface area contributed by atoms with Gasteiger partial charge in [-0.25, -0.2) is 9.59 Å². The zero-order chi connectivity index (χ0) is 51.8. The number of hydrogen-bond donors (Lipinski definition) is 1. The number of thioether (sulfide) groups is 2. The topological polar surface area (TPSA) is 154 Å². The summed E-state index contributed by atoms with van der Waals surface area (Å²) >= 11 is 3.45. The highest BCUT2D eigenvalue weighted by atomic mass is 32.2. The number of esters is 2. The Morgan fingerprint density at radius 3 is 1.35 bits per heavy atom. The largest absolute Gasteiger partial charge is 0.508 e. The third kappa shape index (κ3) is 19.6. The van der Waals surface area contributed by atoms with Gasteiger partial charge < -0.3 is 37.9 Å². The lowest BCUT2D eigenvalue weighted by Gasteiger charge is -2.16. The number of ether oxygens (including phenoxy) is 5. The van der Waals surface area contributed by atoms with E-state index in [2.05, 4.69) is 83.0 Å². The van der Waals surface area contributed by atoms with Gasteiger partial charge in [0, 0.05) is 65.2 Å². The number of phenolic OH excluding ortho intramolecular Hbond substituents is 1. The van der Waals surface area contributed by atoms with Crippen LogP contribution in [-0.2, 0) is 68.8 Å². The average molecular weight is 1030 g/mol. The summed E-state index contributed by atoms with van der Waals surface area (Å²) in [6.45, 7) is 15.0. The molecule has 0 aliphatic rings. The van der Waals surface area contributed by atoms with Crippen molar-refractivity contribution in [3.63, 3.8) is 0 Å². The molecule has 0 bridgehead atoms. The highest BCUT2D eigenvalue weighted by Crippen LogP contribution is 2.27. The van der Waals surface area contributed by atoms with Crippen LogP contribution in [0.25, 0.3) is 22.5 Å². The second-order valence-corrected chi connectivity index (χ2v) is 19.4. The maximum Gasteiger partial charge on any atom is 0.335 e. The molecule has 2 heterocycles. The molecule has 13 nitrogen and oxygen atoms in total. The zero-order valence-corrected chi connectivity index (χ0v) is 44.9. The van der Waals surface area contributed by atoms with E-state index in [1.165, 1.54) is 26.7 Å². The Labute approximate surface area is 429 Å². The molecule has 384 valence electrons. The molecule has 6 rings (SSSR count). The first-order chi connectivity index (χ1) is 34.1. The summed E-state index contributed by atoms with van der Waals surface area (Å²) in [5.74, 6) is 0.347. The molecular weight excluding hydrogens is 961 g/mol. The molecule has 71 heavy (non-hydrogen) atoms. The maximum atomic E-state index is 12.1. The van der Waals surface area contributed by atoms with Crippen LogP contribution in [0.5, 0.6) is 11.5 Å². The molecular formula is C55H70N2O11S3. The molecule has 0 fully saturated rings. The van der Waals surface area contributed by atoms with Crippen molar-refractivity contribution in [2.45, 2.75) is 89.5 Å². The minimum Gasteiger partial charge on any atom is -0.508 e. The lowest BCUT2D eigenvalue weighted by Crippen LogP contribution is -2.28. The van der Waals surface area contributed by atoms with Crippen molar-refractivity contribution in [1.82, 2.24) is 9.13 Å². The van der Waals surface area contributed by atoms with Gasteiger partial charge in [-0.05, 0) is 149 Å². The number of nitrogens with zero attached hydrogens (tertiary/aromatic N) is 2. The molecule has 1 N–H and O–H groups in total. The molecule has 0 aliphatic heterocycles. The Bertz CT molecular complexity index is 2610. The average Bonchev–Trinajstić information content (AvgIpc) is 3.92. The fourth-order valence-electron chi connectivity index (χ4n) is 7.37. The Balaban J connectivity index is 0.000000248. The van der Waals surface area contributed by atoms with Crippen LogP contribution in [0.3, 0.4) is 0 Å². The van der Waals surface area contributed by atoms with Crippen LogP contribution in [0.2, 0.25) is 0 Å². The summed E-state index contributed by atoms with van der Waals surface area (Å²) in [7, 11) is -3.39. The molecule has 16 heteroatoms. The van der Waals surface area contributed by atoms with Crippen LogP contribution in [0.1, 0.15) is 50.2 Å². The smallest absolute Gasteiger partial charge is 0.335 e. The predicted molar refractivity (Wildman–Crippen MR) is 285 cm³/mol. The third-order valence-corrected chi connectivity index (χ3v) is 13.0. The van der Waals surface area contributed by atoms with E-state index >= 15 is 0 Å². The van der Waals surface area contributed by atoms with Crippen molar-refractivity contribution in [2.75, 3.05) is 58.4 Å². The Morgan fingerprint density at radius 2 is 0.972 bits per heavy atom. The number of aromatic nitrogens is 2. The maximum absolute atomic E-state index is 12.1. The highest BCUT2D eigenvalue weighted by molar-refractivity contribution is 7.98. The summed E-state index contributed by atoms with van der Waals surface area (Å²) in [6, 6.07) is 39.9. The second-order valence-electron chi connectivity index (χ2n) is 16.0. The van der Waals surface area contributed by atoms with Gasteiger partial charge in [0.15, 0.2) is 12.2 Å². The molecule has 0 aliphatic carbocycles. The number of phenols is 1. The van der Waals surface area contributed by atoms with Gasteiger partial charge in [0.1, 0.15) is 18.1 Å². The Hall–Kier alpha value is -5.49. The van der Waals surface area contributed by atoms with E-state index in [-0.39, 0.29) is 24.3 Å². The van der Waals surface area contributed by atoms with E-state index < -0.39 is 22.3 Å². The number of benzene rings is 4. The Kier molecular flexibility index (Phi) is 24.9. The van der Waals surface area contributed by atoms with Crippen molar-refractivity contribution >= 4 is 45.6 Å². The van der Waals surface area contributed by atoms with Crippen molar-refractivity contribution in [2.24, 2.45) is 0 Å². The highest BCUT2D eigenvalue weighted by Gasteiger charge is 2.22. The SMILES string of the molecule is CCOC(=O)[C@H](Cc1ccc(O)cc1)OCC.CCOC(=O)[C@H](Cc1ccc(OCCn2c(C)ccc2-c2ccc(SC)cc2)cc1)OCC.CSc1ccc(-c2ccc(C)n2CCOS(C)(=O)=O)cc1. The molecule has 0 unspecified atom stereocenters. The molecule has 0 saturated heterocycles. The van der Waals surface area contributed by atoms with Gasteiger partial charge >= 0.3 is 11.9 Å². The third-order valence-electron chi connectivity index (χ3n) is 10.9. The van der Waals surface area contributed by atoms with Crippen LogP contribution < -0.4 is 4.74 Å². The molecule has 6 aromatic rings. The molecule has 0 saturated carbocycles. The van der Waals surface area contributed by atoms with E-state index in [0.29, 0.717) is 52.4 Å². The van der Waals surface area contributed by atoms with Crippen LogP contribution in [0.15, 0.2) is 131 Å². The number of hydrogen-bond acceptors (Lipinski definition) is 13. The van der Waals surface area contributed by atoms with Gasteiger partial charge in [0.2, 0.25) is 0 Å². The van der Waals surface area contributed by atoms with Crippen LogP contribution in [0, 0.1) is 13.8 Å². The molecule has 4 aromatic carbocycles. The number of rotatable bonds is 24. The normalized spacial score (nSPS) is 11.9. The van der Waals surface area contributed by atoms with Crippen molar-refractivity contribution < 1.29 is 51.0 Å². The first kappa shape index (κ1) is 58.1. The van der Waals surface area contributed by atoms with Gasteiger partial charge in [-0.3, -0.25) is 4.18 Å². The van der Waals surface area contributed by atoms with Crippen molar-refractivity contribution in [1.29, 1.82) is 0 Å². The van der Waals surface area contributed by atoms with Crippen molar-refractivity contribution in [3.05, 3.63) is 144 Å². The van der Waals surface area contributed by atoms with Gasteiger partial charge in [0.05, 0.1) is 32.6 Å². The number of aromatic hydroxyl groups is 1. The summed E-state index contributed by atoms with van der Waals surface area (Å²) in [4.78, 5) is 26.2. The lowest BCUT2D eigenvalue weighted by molar-refractivity contribution is -0.157. The molecule has 0 spiro atoms. The monoisotopic (exact) mass is 1030 g/mol. The van der Waals surface area contributed by atoms with Crippen LogP contribution in [-0.4, -0.2) is 105 Å². The number of carbonyl (C=O) groups is 2. The van der Waals surface area contributed by atoms with E-state index in [4.69, 9.17) is 33.0 Å². The quantitative estimate of drug-likeness (QED) is 0.0348. The fraction of sp³-hybridized carbons (Fsp3) is 0.382. The molecule has 0 amide bonds. The predicted octanol–water partition coefficient (Wildman–Crippen LogP) is 10.8. The van der Waals surface area contributed by atoms with Gasteiger partial charge in [-0.15, -0.1) is 23.5 Å². The summed E-state index contributed by atoms with van der Waals surface area (Å²) in [6.07, 6.45) is 4.97.